The Balaban J connectivity index is 1.44. The van der Waals surface area contributed by atoms with Gasteiger partial charge in [0.2, 0.25) is 0 Å². The number of benzene rings is 1. The molecule has 7 heteroatoms. The molecule has 1 fully saturated rings. The summed E-state index contributed by atoms with van der Waals surface area (Å²) in [5.41, 5.74) is 6.30. The molecule has 0 unspecified atom stereocenters. The molecule has 164 valence electrons. The second-order valence-electron chi connectivity index (χ2n) is 8.31. The molecule has 3 aromatic rings. The lowest BCUT2D eigenvalue weighted by Crippen LogP contribution is -2.50. The second-order valence-corrected chi connectivity index (χ2v) is 8.68. The van der Waals surface area contributed by atoms with E-state index in [-0.39, 0.29) is 11.9 Å². The van der Waals surface area contributed by atoms with E-state index in [1.54, 1.807) is 0 Å². The maximum Gasteiger partial charge on any atom is 0.258 e. The third-order valence-corrected chi connectivity index (χ3v) is 6.59. The van der Waals surface area contributed by atoms with Crippen molar-refractivity contribution in [1.29, 1.82) is 0 Å². The number of hydrogen-bond acceptors (Lipinski definition) is 5. The SMILES string of the molecule is Cc1ccc(-c2ccc(Cc3cc4c(c(Cl)c3C)OC[C@@H]3COCCN3C4=O)cn2)cn1. The molecular formula is C25H24ClN3O3. The van der Waals surface area contributed by atoms with Crippen molar-refractivity contribution in [3.8, 4) is 17.0 Å². The Labute approximate surface area is 192 Å². The van der Waals surface area contributed by atoms with Gasteiger partial charge in [-0.05, 0) is 61.2 Å². The quantitative estimate of drug-likeness (QED) is 0.598. The number of amides is 1. The number of aromatic nitrogens is 2. The summed E-state index contributed by atoms with van der Waals surface area (Å²) in [6, 6.07) is 9.88. The number of aryl methyl sites for hydroxylation is 1. The summed E-state index contributed by atoms with van der Waals surface area (Å²) in [5, 5.41) is 0.502. The summed E-state index contributed by atoms with van der Waals surface area (Å²) in [6.45, 7) is 5.90. The van der Waals surface area contributed by atoms with Crippen LogP contribution in [0.1, 0.15) is 32.7 Å². The number of ether oxygens (including phenoxy) is 2. The fourth-order valence-corrected chi connectivity index (χ4v) is 4.47. The lowest BCUT2D eigenvalue weighted by Gasteiger charge is -2.33. The topological polar surface area (TPSA) is 64.6 Å². The molecule has 0 aliphatic carbocycles. The van der Waals surface area contributed by atoms with E-state index in [1.807, 2.05) is 55.4 Å². The van der Waals surface area contributed by atoms with Gasteiger partial charge in [0, 0.05) is 30.2 Å². The Morgan fingerprint density at radius 2 is 2.00 bits per heavy atom. The molecule has 0 spiro atoms. The number of halogens is 1. The van der Waals surface area contributed by atoms with Crippen LogP contribution in [0.25, 0.3) is 11.3 Å². The van der Waals surface area contributed by atoms with Crippen molar-refractivity contribution in [2.24, 2.45) is 0 Å². The van der Waals surface area contributed by atoms with E-state index >= 15 is 0 Å². The third-order valence-electron chi connectivity index (χ3n) is 6.14. The van der Waals surface area contributed by atoms with E-state index in [0.29, 0.717) is 49.1 Å². The molecule has 0 N–H and O–H groups in total. The van der Waals surface area contributed by atoms with E-state index in [4.69, 9.17) is 21.1 Å². The highest BCUT2D eigenvalue weighted by Gasteiger charge is 2.35. The standard InChI is InChI=1S/C25H24ClN3O3/c1-15-3-5-18(12-27-15)22-6-4-17(11-28-22)9-19-10-21-24(23(26)16(19)2)32-14-20-13-31-8-7-29(20)25(21)30/h3-6,10-12,20H,7-9,13-14H2,1-2H3/t20-/m0/s1. The molecule has 1 amide bonds. The molecule has 0 saturated carbocycles. The van der Waals surface area contributed by atoms with Crippen molar-refractivity contribution in [2.75, 3.05) is 26.4 Å². The lowest BCUT2D eigenvalue weighted by atomic mass is 9.97. The number of fused-ring (bicyclic) bond motifs is 2. The van der Waals surface area contributed by atoms with Gasteiger partial charge in [-0.25, -0.2) is 0 Å². The van der Waals surface area contributed by atoms with Gasteiger partial charge in [-0.2, -0.15) is 0 Å². The van der Waals surface area contributed by atoms with Crippen LogP contribution in [0.2, 0.25) is 5.02 Å². The second kappa shape index (κ2) is 8.52. The number of hydrogen-bond donors (Lipinski definition) is 0. The molecular weight excluding hydrogens is 426 g/mol. The van der Waals surface area contributed by atoms with E-state index in [2.05, 4.69) is 16.0 Å². The number of carbonyl (C=O) groups is 1. The lowest BCUT2D eigenvalue weighted by molar-refractivity contribution is -0.0109. The van der Waals surface area contributed by atoms with Gasteiger partial charge in [-0.3, -0.25) is 14.8 Å². The fraction of sp³-hybridized carbons (Fsp3) is 0.320. The van der Waals surface area contributed by atoms with Crippen molar-refractivity contribution in [3.05, 3.63) is 75.7 Å². The van der Waals surface area contributed by atoms with Crippen LogP contribution < -0.4 is 4.74 Å². The number of pyridine rings is 2. The number of carbonyl (C=O) groups excluding carboxylic acids is 1. The predicted octanol–water partition coefficient (Wildman–Crippen LogP) is 4.24. The molecule has 2 aromatic heterocycles. The summed E-state index contributed by atoms with van der Waals surface area (Å²) < 4.78 is 11.5. The number of nitrogens with zero attached hydrogens (tertiary/aromatic N) is 3. The van der Waals surface area contributed by atoms with Gasteiger partial charge < -0.3 is 14.4 Å². The van der Waals surface area contributed by atoms with E-state index in [0.717, 1.165) is 33.6 Å². The van der Waals surface area contributed by atoms with Crippen LogP contribution >= 0.6 is 11.6 Å². The van der Waals surface area contributed by atoms with Crippen molar-refractivity contribution in [3.63, 3.8) is 0 Å². The van der Waals surface area contributed by atoms with E-state index < -0.39 is 0 Å². The van der Waals surface area contributed by atoms with Crippen LogP contribution in [0.5, 0.6) is 5.75 Å². The highest BCUT2D eigenvalue weighted by Crippen LogP contribution is 2.38. The summed E-state index contributed by atoms with van der Waals surface area (Å²) in [6.07, 6.45) is 4.32. The molecule has 4 heterocycles. The van der Waals surface area contributed by atoms with Gasteiger partial charge in [-0.1, -0.05) is 17.7 Å². The summed E-state index contributed by atoms with van der Waals surface area (Å²) >= 11 is 6.69. The Morgan fingerprint density at radius 1 is 1.12 bits per heavy atom. The molecule has 1 saturated heterocycles. The minimum absolute atomic E-state index is 0.0470. The molecule has 6 nitrogen and oxygen atoms in total. The summed E-state index contributed by atoms with van der Waals surface area (Å²) in [5.74, 6) is 0.432. The van der Waals surface area contributed by atoms with E-state index in [1.165, 1.54) is 0 Å². The molecule has 1 aromatic carbocycles. The van der Waals surface area contributed by atoms with Gasteiger partial charge >= 0.3 is 0 Å². The maximum atomic E-state index is 13.3. The Morgan fingerprint density at radius 3 is 2.75 bits per heavy atom. The first-order valence-electron chi connectivity index (χ1n) is 10.7. The zero-order valence-corrected chi connectivity index (χ0v) is 18.9. The number of rotatable bonds is 3. The molecule has 1 atom stereocenters. The predicted molar refractivity (Wildman–Crippen MR) is 122 cm³/mol. The van der Waals surface area contributed by atoms with Crippen LogP contribution in [0, 0.1) is 13.8 Å². The molecule has 0 bridgehead atoms. The van der Waals surface area contributed by atoms with Crippen molar-refractivity contribution in [2.45, 2.75) is 26.3 Å². The molecule has 32 heavy (non-hydrogen) atoms. The normalized spacial score (nSPS) is 17.9. The molecule has 5 rings (SSSR count). The first kappa shape index (κ1) is 20.9. The first-order chi connectivity index (χ1) is 15.5. The summed E-state index contributed by atoms with van der Waals surface area (Å²) in [4.78, 5) is 24.1. The van der Waals surface area contributed by atoms with Crippen molar-refractivity contribution < 1.29 is 14.3 Å². The van der Waals surface area contributed by atoms with Crippen LogP contribution in [0.4, 0.5) is 0 Å². The Hall–Kier alpha value is -2.96. The smallest absolute Gasteiger partial charge is 0.258 e. The van der Waals surface area contributed by atoms with Gasteiger partial charge in [0.25, 0.3) is 5.91 Å². The Bertz CT molecular complexity index is 1160. The van der Waals surface area contributed by atoms with Crippen molar-refractivity contribution in [1.82, 2.24) is 14.9 Å². The third kappa shape index (κ3) is 3.85. The maximum absolute atomic E-state index is 13.3. The fourth-order valence-electron chi connectivity index (χ4n) is 4.19. The Kier molecular flexibility index (Phi) is 5.57. The molecule has 0 radical (unpaired) electrons. The molecule has 2 aliphatic rings. The number of morpholine rings is 1. The monoisotopic (exact) mass is 449 g/mol. The van der Waals surface area contributed by atoms with Crippen LogP contribution in [-0.2, 0) is 11.2 Å². The highest BCUT2D eigenvalue weighted by molar-refractivity contribution is 6.33. The zero-order chi connectivity index (χ0) is 22.2. The largest absolute Gasteiger partial charge is 0.489 e. The van der Waals surface area contributed by atoms with Gasteiger partial charge in [-0.15, -0.1) is 0 Å². The van der Waals surface area contributed by atoms with Crippen LogP contribution in [0.15, 0.2) is 42.7 Å². The average molecular weight is 450 g/mol. The average Bonchev–Trinajstić information content (AvgIpc) is 2.95. The van der Waals surface area contributed by atoms with E-state index in [9.17, 15) is 4.79 Å². The minimum atomic E-state index is -0.0866. The van der Waals surface area contributed by atoms with Crippen molar-refractivity contribution >= 4 is 17.5 Å². The highest BCUT2D eigenvalue weighted by atomic mass is 35.5. The first-order valence-corrected chi connectivity index (χ1v) is 11.1. The van der Waals surface area contributed by atoms with Gasteiger partial charge in [0.05, 0.1) is 35.5 Å². The van der Waals surface area contributed by atoms with Gasteiger partial charge in [0.15, 0.2) is 5.75 Å². The minimum Gasteiger partial charge on any atom is -0.489 e. The molecule has 2 aliphatic heterocycles. The zero-order valence-electron chi connectivity index (χ0n) is 18.1. The van der Waals surface area contributed by atoms with Crippen LogP contribution in [-0.4, -0.2) is 53.2 Å². The summed E-state index contributed by atoms with van der Waals surface area (Å²) in [7, 11) is 0. The van der Waals surface area contributed by atoms with Crippen LogP contribution in [0.3, 0.4) is 0 Å². The van der Waals surface area contributed by atoms with Gasteiger partial charge in [0.1, 0.15) is 6.61 Å².